The van der Waals surface area contributed by atoms with Crippen molar-refractivity contribution in [2.75, 3.05) is 6.54 Å². The first kappa shape index (κ1) is 23.7. The van der Waals surface area contributed by atoms with Crippen molar-refractivity contribution >= 4 is 17.3 Å². The van der Waals surface area contributed by atoms with Crippen molar-refractivity contribution in [1.29, 1.82) is 5.26 Å². The van der Waals surface area contributed by atoms with Gasteiger partial charge in [-0.2, -0.15) is 10.4 Å². The molecule has 176 valence electrons. The number of nitrogens with zero attached hydrogens (tertiary/aromatic N) is 5. The Balaban J connectivity index is 1.95. The molecule has 1 amide bonds. The van der Waals surface area contributed by atoms with Gasteiger partial charge in [-0.1, -0.05) is 12.1 Å². The van der Waals surface area contributed by atoms with Crippen molar-refractivity contribution in [3.63, 3.8) is 0 Å². The van der Waals surface area contributed by atoms with Gasteiger partial charge in [0.05, 0.1) is 22.9 Å². The van der Waals surface area contributed by atoms with Crippen LogP contribution < -0.4 is 5.32 Å². The van der Waals surface area contributed by atoms with Crippen molar-refractivity contribution in [3.8, 4) is 28.6 Å². The zero-order chi connectivity index (χ0) is 25.3. The molecule has 1 aromatic carbocycles. The third-order valence-electron chi connectivity index (χ3n) is 5.24. The van der Waals surface area contributed by atoms with Crippen molar-refractivity contribution < 1.29 is 14.7 Å². The number of pyridine rings is 1. The predicted octanol–water partition coefficient (Wildman–Crippen LogP) is 3.34. The van der Waals surface area contributed by atoms with Crippen LogP contribution in [0.3, 0.4) is 0 Å². The van der Waals surface area contributed by atoms with Gasteiger partial charge < -0.3 is 10.4 Å². The number of amides is 1. The summed E-state index contributed by atoms with van der Waals surface area (Å²) in [6.07, 6.45) is 0. The first-order chi connectivity index (χ1) is 16.6. The molecule has 0 saturated carbocycles. The van der Waals surface area contributed by atoms with Crippen LogP contribution in [0.4, 0.5) is 0 Å². The highest BCUT2D eigenvalue weighted by Gasteiger charge is 2.21. The topological polar surface area (TPSA) is 133 Å². The van der Waals surface area contributed by atoms with Gasteiger partial charge in [0.15, 0.2) is 11.4 Å². The molecule has 0 unspecified atom stereocenters. The lowest BCUT2D eigenvalue weighted by Crippen LogP contribution is -2.38. The molecular weight excluding hydrogens is 444 g/mol. The van der Waals surface area contributed by atoms with Crippen LogP contribution in [0.2, 0.25) is 0 Å². The van der Waals surface area contributed by atoms with E-state index in [9.17, 15) is 20.0 Å². The fraction of sp³-hybridized carbons (Fsp3) is 0.231. The monoisotopic (exact) mass is 468 g/mol. The van der Waals surface area contributed by atoms with Gasteiger partial charge in [-0.15, -0.1) is 0 Å². The molecule has 3 aromatic heterocycles. The fourth-order valence-corrected chi connectivity index (χ4v) is 3.62. The second-order valence-corrected chi connectivity index (χ2v) is 8.92. The van der Waals surface area contributed by atoms with E-state index in [2.05, 4.69) is 21.5 Å². The average molecular weight is 469 g/mol. The number of ketones is 1. The van der Waals surface area contributed by atoms with Crippen LogP contribution in [0.5, 0.6) is 0 Å². The number of rotatable bonds is 6. The normalized spacial score (nSPS) is 11.3. The summed E-state index contributed by atoms with van der Waals surface area (Å²) in [5.74, 6) is -0.631. The van der Waals surface area contributed by atoms with Gasteiger partial charge in [-0.25, -0.2) is 14.5 Å². The largest absolute Gasteiger partial charge is 0.389 e. The molecule has 0 spiro atoms. The molecule has 4 rings (SSSR count). The minimum Gasteiger partial charge on any atom is -0.389 e. The van der Waals surface area contributed by atoms with E-state index in [0.29, 0.717) is 45.1 Å². The molecule has 0 atom stereocenters. The van der Waals surface area contributed by atoms with E-state index in [1.54, 1.807) is 61.7 Å². The Morgan fingerprint density at radius 1 is 1.09 bits per heavy atom. The summed E-state index contributed by atoms with van der Waals surface area (Å²) >= 11 is 0. The van der Waals surface area contributed by atoms with Crippen LogP contribution in [0.15, 0.2) is 48.5 Å². The average Bonchev–Trinajstić information content (AvgIpc) is 3.20. The molecule has 9 nitrogen and oxygen atoms in total. The third-order valence-corrected chi connectivity index (χ3v) is 5.24. The molecule has 35 heavy (non-hydrogen) atoms. The van der Waals surface area contributed by atoms with Crippen molar-refractivity contribution in [1.82, 2.24) is 24.9 Å². The van der Waals surface area contributed by atoms with Crippen molar-refractivity contribution in [2.45, 2.75) is 33.3 Å². The quantitative estimate of drug-likeness (QED) is 0.415. The summed E-state index contributed by atoms with van der Waals surface area (Å²) in [7, 11) is 0. The van der Waals surface area contributed by atoms with Crippen molar-refractivity contribution in [3.05, 3.63) is 71.2 Å². The molecule has 0 aliphatic carbocycles. The molecule has 0 fully saturated rings. The Bertz CT molecular complexity index is 1510. The molecule has 2 N–H and O–H groups in total. The number of carbonyl (C=O) groups excluding carboxylic acids is 2. The lowest BCUT2D eigenvalue weighted by atomic mass is 10.0. The number of Topliss-reactive ketones (excluding diaryl/α,β-unsaturated/α-hetero) is 1. The Morgan fingerprint density at radius 3 is 2.54 bits per heavy atom. The number of aryl methyl sites for hydroxylation is 1. The van der Waals surface area contributed by atoms with Crippen LogP contribution in [-0.2, 0) is 0 Å². The first-order valence-corrected chi connectivity index (χ1v) is 11.0. The van der Waals surface area contributed by atoms with E-state index in [0.717, 1.165) is 0 Å². The van der Waals surface area contributed by atoms with Crippen LogP contribution >= 0.6 is 0 Å². The number of aliphatic hydroxyl groups is 1. The number of aromatic nitrogens is 4. The van der Waals surface area contributed by atoms with Gasteiger partial charge in [-0.3, -0.25) is 9.59 Å². The van der Waals surface area contributed by atoms with Gasteiger partial charge in [-0.05, 0) is 57.2 Å². The summed E-state index contributed by atoms with van der Waals surface area (Å²) in [6, 6.07) is 15.9. The number of hydrogen-bond donors (Lipinski definition) is 2. The lowest BCUT2D eigenvalue weighted by molar-refractivity contribution is 0.0691. The van der Waals surface area contributed by atoms with E-state index in [1.807, 2.05) is 12.1 Å². The Labute approximate surface area is 202 Å². The predicted molar refractivity (Wildman–Crippen MR) is 130 cm³/mol. The van der Waals surface area contributed by atoms with E-state index < -0.39 is 11.5 Å². The zero-order valence-electron chi connectivity index (χ0n) is 19.8. The van der Waals surface area contributed by atoms with Crippen LogP contribution in [0, 0.1) is 18.3 Å². The number of carbonyl (C=O) groups is 2. The van der Waals surface area contributed by atoms with Crippen LogP contribution in [0.1, 0.15) is 53.0 Å². The molecule has 3 heterocycles. The highest BCUT2D eigenvalue weighted by Crippen LogP contribution is 2.33. The Morgan fingerprint density at radius 2 is 1.86 bits per heavy atom. The van der Waals surface area contributed by atoms with E-state index in [4.69, 9.17) is 4.98 Å². The molecule has 9 heteroatoms. The van der Waals surface area contributed by atoms with Gasteiger partial charge in [0.2, 0.25) is 0 Å². The lowest BCUT2D eigenvalue weighted by Gasteiger charge is -2.17. The van der Waals surface area contributed by atoms with Gasteiger partial charge in [0.1, 0.15) is 17.1 Å². The highest BCUT2D eigenvalue weighted by atomic mass is 16.3. The summed E-state index contributed by atoms with van der Waals surface area (Å²) in [5.41, 5.74) is 3.39. The zero-order valence-corrected chi connectivity index (χ0v) is 19.8. The van der Waals surface area contributed by atoms with Gasteiger partial charge in [0, 0.05) is 30.3 Å². The smallest absolute Gasteiger partial charge is 0.271 e. The Kier molecular flexibility index (Phi) is 6.16. The highest BCUT2D eigenvalue weighted by molar-refractivity contribution is 5.95. The molecule has 4 aromatic rings. The number of nitriles is 1. The number of nitrogens with one attached hydrogen (secondary N) is 1. The number of imidazole rings is 1. The summed E-state index contributed by atoms with van der Waals surface area (Å²) in [4.78, 5) is 33.9. The fourth-order valence-electron chi connectivity index (χ4n) is 3.62. The minimum absolute atomic E-state index is 0.0556. The maximum absolute atomic E-state index is 12.7. The summed E-state index contributed by atoms with van der Waals surface area (Å²) < 4.78 is 1.55. The molecule has 0 aliphatic rings. The first-order valence-electron chi connectivity index (χ1n) is 11.0. The SMILES string of the molecule is CC(=O)c1cc(-c2c(-c3cccc(C#N)c3)nc3ccc(C(=O)NCC(C)(C)O)nn23)cc(C)n1. The standard InChI is InChI=1S/C26H24N6O3/c1-15-10-19(12-21(29-15)16(2)33)24-23(18-7-5-6-17(11-18)13-27)30-22-9-8-20(31-32(22)24)25(34)28-14-26(3,4)35/h5-12,35H,14H2,1-4H3,(H,28,34). The maximum atomic E-state index is 12.7. The third kappa shape index (κ3) is 5.08. The van der Waals surface area contributed by atoms with Crippen molar-refractivity contribution in [2.24, 2.45) is 0 Å². The van der Waals surface area contributed by atoms with E-state index in [1.165, 1.54) is 6.92 Å². The second-order valence-electron chi connectivity index (χ2n) is 8.92. The van der Waals surface area contributed by atoms with E-state index in [-0.39, 0.29) is 18.0 Å². The minimum atomic E-state index is -1.07. The number of hydrogen-bond acceptors (Lipinski definition) is 7. The van der Waals surface area contributed by atoms with E-state index >= 15 is 0 Å². The molecule has 0 saturated heterocycles. The van der Waals surface area contributed by atoms with Crippen LogP contribution in [0.25, 0.3) is 28.2 Å². The number of benzene rings is 1. The molecule has 0 aliphatic heterocycles. The van der Waals surface area contributed by atoms with Gasteiger partial charge >= 0.3 is 0 Å². The second kappa shape index (κ2) is 9.08. The molecule has 0 bridgehead atoms. The molecule has 0 radical (unpaired) electrons. The summed E-state index contributed by atoms with van der Waals surface area (Å²) in [5, 5.41) is 26.5. The Hall–Kier alpha value is -4.42. The van der Waals surface area contributed by atoms with Crippen LogP contribution in [-0.4, -0.2) is 48.5 Å². The van der Waals surface area contributed by atoms with Gasteiger partial charge in [0.25, 0.3) is 5.91 Å². The summed E-state index contributed by atoms with van der Waals surface area (Å²) in [6.45, 7) is 6.48. The maximum Gasteiger partial charge on any atom is 0.271 e. The number of fused-ring (bicyclic) bond motifs is 1. The molecular formula is C26H24N6O3.